The van der Waals surface area contributed by atoms with Crippen molar-refractivity contribution < 1.29 is 13.2 Å². The van der Waals surface area contributed by atoms with Crippen molar-refractivity contribution in [2.45, 2.75) is 25.2 Å². The van der Waals surface area contributed by atoms with Crippen LogP contribution in [0.2, 0.25) is 5.02 Å². The third kappa shape index (κ3) is 5.27. The monoisotopic (exact) mass is 446 g/mol. The summed E-state index contributed by atoms with van der Waals surface area (Å²) >= 11 is 5.84. The summed E-state index contributed by atoms with van der Waals surface area (Å²) < 4.78 is 28.8. The molecule has 3 rings (SSSR count). The Bertz CT molecular complexity index is 1140. The molecule has 0 bridgehead atoms. The highest BCUT2D eigenvalue weighted by atomic mass is 35.5. The lowest BCUT2D eigenvalue weighted by Crippen LogP contribution is -2.35. The van der Waals surface area contributed by atoms with Gasteiger partial charge in [-0.25, -0.2) is 17.8 Å². The maximum atomic E-state index is 12.4. The lowest BCUT2D eigenvalue weighted by Gasteiger charge is -2.09. The Morgan fingerprint density at radius 3 is 2.50 bits per heavy atom. The average molecular weight is 447 g/mol. The number of hydrogen-bond donors (Lipinski definition) is 2. The van der Waals surface area contributed by atoms with Crippen LogP contribution in [0.15, 0.2) is 59.5 Å². The molecule has 1 heterocycles. The molecule has 2 aromatic carbocycles. The third-order valence-corrected chi connectivity index (χ3v) is 6.32. The fourth-order valence-electron chi connectivity index (χ4n) is 3.08. The van der Waals surface area contributed by atoms with Gasteiger partial charge < -0.3 is 5.32 Å². The summed E-state index contributed by atoms with van der Waals surface area (Å²) in [5.74, 6) is -0.198. The lowest BCUT2D eigenvalue weighted by molar-refractivity contribution is -0.120. The van der Waals surface area contributed by atoms with Crippen molar-refractivity contribution in [3.63, 3.8) is 0 Å². The Kier molecular flexibility index (Phi) is 6.91. The van der Waals surface area contributed by atoms with Gasteiger partial charge in [-0.05, 0) is 44.2 Å². The number of benzene rings is 2. The van der Waals surface area contributed by atoms with Gasteiger partial charge in [-0.15, -0.1) is 0 Å². The summed E-state index contributed by atoms with van der Waals surface area (Å²) in [7, 11) is -3.68. The second-order valence-electron chi connectivity index (χ2n) is 6.78. The molecular formula is C21H23ClN4O3S. The van der Waals surface area contributed by atoms with Gasteiger partial charge in [-0.2, -0.15) is 5.10 Å². The molecule has 0 saturated carbocycles. The summed E-state index contributed by atoms with van der Waals surface area (Å²) in [6.45, 7) is 4.04. The molecule has 0 spiro atoms. The number of sulfonamides is 1. The molecule has 0 saturated heterocycles. The molecule has 0 radical (unpaired) electrons. The number of aromatic nitrogens is 2. The Morgan fingerprint density at radius 1 is 1.07 bits per heavy atom. The van der Waals surface area contributed by atoms with Crippen LogP contribution in [0.4, 0.5) is 0 Å². The van der Waals surface area contributed by atoms with E-state index in [1.165, 1.54) is 12.1 Å². The van der Waals surface area contributed by atoms with E-state index in [4.69, 9.17) is 11.6 Å². The molecule has 1 aromatic heterocycles. The number of nitrogens with one attached hydrogen (secondary N) is 2. The zero-order valence-electron chi connectivity index (χ0n) is 16.7. The zero-order chi connectivity index (χ0) is 21.7. The van der Waals surface area contributed by atoms with E-state index in [1.54, 1.807) is 12.1 Å². The van der Waals surface area contributed by atoms with Crippen LogP contribution in [-0.2, 0) is 21.2 Å². The lowest BCUT2D eigenvalue weighted by atomic mass is 10.1. The fourth-order valence-corrected chi connectivity index (χ4v) is 4.41. The van der Waals surface area contributed by atoms with E-state index in [0.29, 0.717) is 5.02 Å². The van der Waals surface area contributed by atoms with Crippen molar-refractivity contribution in [3.05, 3.63) is 76.6 Å². The molecule has 30 heavy (non-hydrogen) atoms. The molecule has 2 N–H and O–H groups in total. The molecule has 3 aromatic rings. The molecule has 0 aliphatic carbocycles. The smallest absolute Gasteiger partial charge is 0.240 e. The molecule has 0 aliphatic heterocycles. The highest BCUT2D eigenvalue weighted by Gasteiger charge is 2.17. The normalized spacial score (nSPS) is 11.4. The predicted octanol–water partition coefficient (Wildman–Crippen LogP) is 2.78. The van der Waals surface area contributed by atoms with E-state index in [1.807, 2.05) is 48.9 Å². The predicted molar refractivity (Wildman–Crippen MR) is 116 cm³/mol. The average Bonchev–Trinajstić information content (AvgIpc) is 3.00. The van der Waals surface area contributed by atoms with Crippen molar-refractivity contribution in [1.82, 2.24) is 19.8 Å². The van der Waals surface area contributed by atoms with Crippen LogP contribution >= 0.6 is 11.6 Å². The maximum absolute atomic E-state index is 12.4. The minimum atomic E-state index is -3.68. The van der Waals surface area contributed by atoms with Crippen molar-refractivity contribution in [2.24, 2.45) is 0 Å². The van der Waals surface area contributed by atoms with Crippen LogP contribution in [0.5, 0.6) is 0 Å². The second-order valence-corrected chi connectivity index (χ2v) is 8.98. The van der Waals surface area contributed by atoms with Gasteiger partial charge in [0.25, 0.3) is 0 Å². The van der Waals surface area contributed by atoms with Crippen molar-refractivity contribution in [2.75, 3.05) is 13.1 Å². The minimum Gasteiger partial charge on any atom is -0.354 e. The Hall–Kier alpha value is -2.68. The maximum Gasteiger partial charge on any atom is 0.240 e. The second kappa shape index (κ2) is 9.42. The first-order chi connectivity index (χ1) is 14.3. The number of para-hydroxylation sites is 1. The number of hydrogen-bond acceptors (Lipinski definition) is 4. The van der Waals surface area contributed by atoms with Crippen LogP contribution in [0, 0.1) is 13.8 Å². The van der Waals surface area contributed by atoms with Gasteiger partial charge in [0, 0.05) is 29.4 Å². The van der Waals surface area contributed by atoms with E-state index in [0.717, 1.165) is 22.6 Å². The fraction of sp³-hybridized carbons (Fsp3) is 0.238. The van der Waals surface area contributed by atoms with Gasteiger partial charge >= 0.3 is 0 Å². The Morgan fingerprint density at radius 2 is 1.80 bits per heavy atom. The van der Waals surface area contributed by atoms with Gasteiger partial charge in [-0.1, -0.05) is 35.9 Å². The van der Waals surface area contributed by atoms with Crippen LogP contribution < -0.4 is 10.0 Å². The standard InChI is InChI=1S/C21H23ClN4O3S/c1-15-20(16(2)26(25-15)18-8-4-3-5-9-18)14-21(27)23-11-12-24-30(28,29)19-10-6-7-17(22)13-19/h3-10,13,24H,11-12,14H2,1-2H3,(H,23,27). The summed E-state index contributed by atoms with van der Waals surface area (Å²) in [5.41, 5.74) is 3.47. The Balaban J connectivity index is 1.55. The van der Waals surface area contributed by atoms with Gasteiger partial charge in [0.15, 0.2) is 0 Å². The summed E-state index contributed by atoms with van der Waals surface area (Å²) in [6.07, 6.45) is 0.172. The number of halogens is 1. The van der Waals surface area contributed by atoms with Gasteiger partial charge in [0.2, 0.25) is 15.9 Å². The quantitative estimate of drug-likeness (QED) is 0.520. The molecule has 9 heteroatoms. The van der Waals surface area contributed by atoms with Crippen molar-refractivity contribution in [1.29, 1.82) is 0 Å². The molecule has 0 atom stereocenters. The molecule has 0 fully saturated rings. The van der Waals surface area contributed by atoms with Gasteiger partial charge in [-0.3, -0.25) is 4.79 Å². The number of carbonyl (C=O) groups excluding carboxylic acids is 1. The Labute approximate surface area is 181 Å². The van der Waals surface area contributed by atoms with Gasteiger partial charge in [0.1, 0.15) is 0 Å². The zero-order valence-corrected chi connectivity index (χ0v) is 18.3. The van der Waals surface area contributed by atoms with Crippen molar-refractivity contribution in [3.8, 4) is 5.69 Å². The number of carbonyl (C=O) groups is 1. The van der Waals surface area contributed by atoms with E-state index in [-0.39, 0.29) is 30.3 Å². The summed E-state index contributed by atoms with van der Waals surface area (Å²) in [4.78, 5) is 12.4. The SMILES string of the molecule is Cc1nn(-c2ccccc2)c(C)c1CC(=O)NCCNS(=O)(=O)c1cccc(Cl)c1. The summed E-state index contributed by atoms with van der Waals surface area (Å²) in [5, 5.41) is 7.62. The van der Waals surface area contributed by atoms with E-state index in [2.05, 4.69) is 15.1 Å². The molecule has 7 nitrogen and oxygen atoms in total. The van der Waals surface area contributed by atoms with Crippen molar-refractivity contribution >= 4 is 27.5 Å². The molecule has 0 aliphatic rings. The van der Waals surface area contributed by atoms with E-state index < -0.39 is 10.0 Å². The minimum absolute atomic E-state index is 0.0713. The molecule has 0 unspecified atom stereocenters. The van der Waals surface area contributed by atoms with Crippen LogP contribution in [-0.4, -0.2) is 37.2 Å². The topological polar surface area (TPSA) is 93.1 Å². The first-order valence-corrected chi connectivity index (χ1v) is 11.3. The van der Waals surface area contributed by atoms with Gasteiger partial charge in [0.05, 0.1) is 22.7 Å². The third-order valence-electron chi connectivity index (χ3n) is 4.62. The molecular weight excluding hydrogens is 424 g/mol. The molecule has 1 amide bonds. The summed E-state index contributed by atoms with van der Waals surface area (Å²) in [6, 6.07) is 15.7. The number of aryl methyl sites for hydroxylation is 1. The first-order valence-electron chi connectivity index (χ1n) is 9.40. The number of rotatable bonds is 8. The van der Waals surface area contributed by atoms with Crippen LogP contribution in [0.3, 0.4) is 0 Å². The number of nitrogens with zero attached hydrogens (tertiary/aromatic N) is 2. The highest BCUT2D eigenvalue weighted by Crippen LogP contribution is 2.18. The van der Waals surface area contributed by atoms with E-state index in [9.17, 15) is 13.2 Å². The van der Waals surface area contributed by atoms with E-state index >= 15 is 0 Å². The van der Waals surface area contributed by atoms with Crippen LogP contribution in [0.1, 0.15) is 17.0 Å². The highest BCUT2D eigenvalue weighted by molar-refractivity contribution is 7.89. The molecule has 158 valence electrons. The van der Waals surface area contributed by atoms with Crippen LogP contribution in [0.25, 0.3) is 5.69 Å². The number of amides is 1. The first kappa shape index (κ1) is 22.0. The largest absolute Gasteiger partial charge is 0.354 e.